The van der Waals surface area contributed by atoms with Gasteiger partial charge in [-0.2, -0.15) is 0 Å². The van der Waals surface area contributed by atoms with Crippen LogP contribution in [0.25, 0.3) is 97.4 Å². The molecule has 0 saturated carbocycles. The molecule has 65 heavy (non-hydrogen) atoms. The number of rotatable bonds is 4. The Morgan fingerprint density at radius 3 is 1.75 bits per heavy atom. The van der Waals surface area contributed by atoms with Crippen molar-refractivity contribution in [3.05, 3.63) is 218 Å². The molecule has 0 bridgehead atoms. The van der Waals surface area contributed by atoms with Gasteiger partial charge in [0.25, 0.3) is 6.71 Å². The SMILES string of the molecule is c1ccc(-c2cc3c4c(c2)-n2c5ccccc5c5c6c7ccccc7n(-c7ccccc7)c6cc(c52)B4c2cc4sc5ccccc5c4cc2N3c2ccccc2-c2ccccc2)cc1. The number of hydrogen-bond donors (Lipinski definition) is 0. The number of nitrogens with zero attached hydrogens (tertiary/aromatic N) is 3. The van der Waals surface area contributed by atoms with Gasteiger partial charge in [-0.1, -0.05) is 152 Å². The molecule has 10 aromatic carbocycles. The molecule has 0 spiro atoms. The van der Waals surface area contributed by atoms with Crippen molar-refractivity contribution in [1.82, 2.24) is 9.13 Å². The molecule has 13 aromatic rings. The Hall–Kier alpha value is -8.12. The highest BCUT2D eigenvalue weighted by atomic mass is 32.1. The Morgan fingerprint density at radius 1 is 0.354 bits per heavy atom. The van der Waals surface area contributed by atoms with Gasteiger partial charge in [0.2, 0.25) is 0 Å². The largest absolute Gasteiger partial charge is 0.311 e. The average molecular weight is 842 g/mol. The van der Waals surface area contributed by atoms with E-state index in [1.165, 1.54) is 119 Å². The highest BCUT2D eigenvalue weighted by Crippen LogP contribution is 2.49. The van der Waals surface area contributed by atoms with Crippen molar-refractivity contribution in [2.75, 3.05) is 4.90 Å². The molecular weight excluding hydrogens is 806 g/mol. The first-order chi connectivity index (χ1) is 32.3. The number of para-hydroxylation sites is 4. The van der Waals surface area contributed by atoms with E-state index in [4.69, 9.17) is 0 Å². The van der Waals surface area contributed by atoms with Crippen molar-refractivity contribution in [2.45, 2.75) is 0 Å². The van der Waals surface area contributed by atoms with E-state index >= 15 is 0 Å². The fourth-order valence-electron chi connectivity index (χ4n) is 11.7. The van der Waals surface area contributed by atoms with Crippen LogP contribution in [0.15, 0.2) is 218 Å². The van der Waals surface area contributed by atoms with E-state index in [1.54, 1.807) is 0 Å². The summed E-state index contributed by atoms with van der Waals surface area (Å²) < 4.78 is 7.75. The Morgan fingerprint density at radius 2 is 0.969 bits per heavy atom. The number of fused-ring (bicyclic) bond motifs is 14. The van der Waals surface area contributed by atoms with Crippen molar-refractivity contribution in [1.29, 1.82) is 0 Å². The zero-order chi connectivity index (χ0) is 42.3. The van der Waals surface area contributed by atoms with Gasteiger partial charge in [-0.25, -0.2) is 0 Å². The second-order valence-electron chi connectivity index (χ2n) is 17.6. The normalized spacial score (nSPS) is 12.9. The number of aromatic nitrogens is 2. The molecule has 2 aliphatic rings. The summed E-state index contributed by atoms with van der Waals surface area (Å²) in [5.74, 6) is 0. The molecule has 0 aliphatic carbocycles. The van der Waals surface area contributed by atoms with Crippen LogP contribution in [0, 0.1) is 0 Å². The summed E-state index contributed by atoms with van der Waals surface area (Å²) in [7, 11) is 0. The highest BCUT2D eigenvalue weighted by molar-refractivity contribution is 7.26. The second kappa shape index (κ2) is 13.2. The van der Waals surface area contributed by atoms with E-state index in [2.05, 4.69) is 232 Å². The molecule has 0 N–H and O–H groups in total. The molecule has 3 aromatic heterocycles. The molecule has 0 unspecified atom stereocenters. The Kier molecular flexibility index (Phi) is 7.19. The van der Waals surface area contributed by atoms with Crippen LogP contribution >= 0.6 is 11.3 Å². The zero-order valence-corrected chi connectivity index (χ0v) is 35.9. The summed E-state index contributed by atoms with van der Waals surface area (Å²) in [4.78, 5) is 2.61. The summed E-state index contributed by atoms with van der Waals surface area (Å²) in [6.07, 6.45) is 0. The quantitative estimate of drug-likeness (QED) is 0.161. The third kappa shape index (κ3) is 4.80. The van der Waals surface area contributed by atoms with Crippen LogP contribution in [0.1, 0.15) is 0 Å². The van der Waals surface area contributed by atoms with Gasteiger partial charge in [0.05, 0.1) is 27.8 Å². The van der Waals surface area contributed by atoms with Crippen molar-refractivity contribution in [3.8, 4) is 33.6 Å². The lowest BCUT2D eigenvalue weighted by Crippen LogP contribution is -2.60. The van der Waals surface area contributed by atoms with Crippen LogP contribution in [0.2, 0.25) is 0 Å². The second-order valence-corrected chi connectivity index (χ2v) is 18.7. The minimum absolute atomic E-state index is 0.0551. The molecule has 300 valence electrons. The van der Waals surface area contributed by atoms with Gasteiger partial charge < -0.3 is 14.0 Å². The molecule has 0 saturated heterocycles. The van der Waals surface area contributed by atoms with Gasteiger partial charge in [0, 0.05) is 70.0 Å². The van der Waals surface area contributed by atoms with Crippen molar-refractivity contribution in [3.63, 3.8) is 0 Å². The van der Waals surface area contributed by atoms with Crippen LogP contribution in [0.5, 0.6) is 0 Å². The van der Waals surface area contributed by atoms with Crippen LogP contribution in [0.3, 0.4) is 0 Å². The van der Waals surface area contributed by atoms with Gasteiger partial charge >= 0.3 is 0 Å². The predicted molar refractivity (Wildman–Crippen MR) is 278 cm³/mol. The zero-order valence-electron chi connectivity index (χ0n) is 35.1. The molecule has 5 heteroatoms. The van der Waals surface area contributed by atoms with Gasteiger partial charge in [-0.3, -0.25) is 0 Å². The molecule has 0 atom stereocenters. The minimum atomic E-state index is -0.0551. The van der Waals surface area contributed by atoms with Crippen LogP contribution in [-0.4, -0.2) is 15.8 Å². The Labute approximate surface area is 379 Å². The fraction of sp³-hybridized carbons (Fsp3) is 0. The third-order valence-corrected chi connectivity index (χ3v) is 15.4. The summed E-state index contributed by atoms with van der Waals surface area (Å²) >= 11 is 1.91. The lowest BCUT2D eigenvalue weighted by atomic mass is 9.33. The van der Waals surface area contributed by atoms with Crippen molar-refractivity contribution >= 4 is 115 Å². The lowest BCUT2D eigenvalue weighted by Gasteiger charge is -2.41. The maximum Gasteiger partial charge on any atom is 0.252 e. The molecule has 2 aliphatic heterocycles. The van der Waals surface area contributed by atoms with Gasteiger partial charge in [0.1, 0.15) is 0 Å². The van der Waals surface area contributed by atoms with Gasteiger partial charge in [-0.05, 0) is 99.8 Å². The van der Waals surface area contributed by atoms with E-state index in [1.807, 2.05) is 11.3 Å². The minimum Gasteiger partial charge on any atom is -0.311 e. The summed E-state index contributed by atoms with van der Waals surface area (Å²) in [6, 6.07) is 81.4. The number of benzene rings is 10. The number of anilines is 3. The maximum absolute atomic E-state index is 2.63. The van der Waals surface area contributed by atoms with E-state index in [0.29, 0.717) is 0 Å². The van der Waals surface area contributed by atoms with Crippen molar-refractivity contribution in [2.24, 2.45) is 0 Å². The molecule has 0 radical (unpaired) electrons. The summed E-state index contributed by atoms with van der Waals surface area (Å²) in [5, 5.41) is 7.76. The molecule has 15 rings (SSSR count). The average Bonchev–Trinajstić information content (AvgIpc) is 4.03. The van der Waals surface area contributed by atoms with E-state index < -0.39 is 0 Å². The molecular formula is C60H36BN3S. The monoisotopic (exact) mass is 841 g/mol. The van der Waals surface area contributed by atoms with E-state index in [0.717, 1.165) is 11.4 Å². The van der Waals surface area contributed by atoms with E-state index in [9.17, 15) is 0 Å². The molecule has 5 heterocycles. The van der Waals surface area contributed by atoms with Gasteiger partial charge in [0.15, 0.2) is 0 Å². The molecule has 0 fully saturated rings. The first kappa shape index (κ1) is 35.4. The highest BCUT2D eigenvalue weighted by Gasteiger charge is 2.44. The standard InChI is InChI=1S/C60H36BN3S/c1-4-18-37(19-5-1)39-32-53-59-54(33-39)64-50-30-16-12-27-44(50)58-57-43-26-11-15-29-49(43)62(40-22-8-3-9-23-40)52(57)35-47(60(58)64)61(59)46-36-56-45(42-25-13-17-31-55(42)65-56)34-51(46)63(53)48-28-14-10-24-41(48)38-20-6-2-7-21-38/h1-36H. The fourth-order valence-corrected chi connectivity index (χ4v) is 12.8. The van der Waals surface area contributed by atoms with E-state index in [-0.39, 0.29) is 6.71 Å². The number of thiophene rings is 1. The summed E-state index contributed by atoms with van der Waals surface area (Å²) in [6.45, 7) is -0.0551. The smallest absolute Gasteiger partial charge is 0.252 e. The Balaban J connectivity index is 1.17. The third-order valence-electron chi connectivity index (χ3n) is 14.2. The van der Waals surface area contributed by atoms with Crippen molar-refractivity contribution < 1.29 is 0 Å². The van der Waals surface area contributed by atoms with Crippen LogP contribution in [-0.2, 0) is 0 Å². The first-order valence-electron chi connectivity index (χ1n) is 22.5. The number of hydrogen-bond acceptors (Lipinski definition) is 2. The van der Waals surface area contributed by atoms with Gasteiger partial charge in [-0.15, -0.1) is 11.3 Å². The molecule has 3 nitrogen and oxygen atoms in total. The Bertz CT molecular complexity index is 4130. The predicted octanol–water partition coefficient (Wildman–Crippen LogP) is 14.2. The topological polar surface area (TPSA) is 13.1 Å². The first-order valence-corrected chi connectivity index (χ1v) is 23.3. The van der Waals surface area contributed by atoms with Crippen LogP contribution in [0.4, 0.5) is 17.1 Å². The summed E-state index contributed by atoms with van der Waals surface area (Å²) in [5.41, 5.74) is 19.7. The molecule has 0 amide bonds. The maximum atomic E-state index is 2.63. The van der Waals surface area contributed by atoms with Crippen LogP contribution < -0.4 is 21.3 Å². The lowest BCUT2D eigenvalue weighted by molar-refractivity contribution is 1.17.